The molecule has 158 valence electrons. The largest absolute Gasteiger partial charge is 0.353 e. The minimum atomic E-state index is -3.57. The van der Waals surface area contributed by atoms with Crippen LogP contribution in [0.15, 0.2) is 41.6 Å². The van der Waals surface area contributed by atoms with Crippen LogP contribution in [-0.4, -0.2) is 61.0 Å². The summed E-state index contributed by atoms with van der Waals surface area (Å²) in [7, 11) is -3.57. The summed E-state index contributed by atoms with van der Waals surface area (Å²) in [4.78, 5) is 13.4. The van der Waals surface area contributed by atoms with Gasteiger partial charge in [0.25, 0.3) is 0 Å². The number of nitrogens with zero attached hydrogens (tertiary/aromatic N) is 5. The van der Waals surface area contributed by atoms with Gasteiger partial charge in [0.05, 0.1) is 5.02 Å². The van der Waals surface area contributed by atoms with Crippen molar-refractivity contribution in [3.63, 3.8) is 0 Å². The highest BCUT2D eigenvalue weighted by Crippen LogP contribution is 2.23. The normalized spacial score (nSPS) is 15.6. The fraction of sp³-hybridized carbons (Fsp3) is 0.500. The average molecular weight is 438 g/mol. The van der Waals surface area contributed by atoms with E-state index in [1.165, 1.54) is 10.5 Å². The Kier molecular flexibility index (Phi) is 6.65. The van der Waals surface area contributed by atoms with Gasteiger partial charge in [-0.15, -0.1) is 0 Å². The Hall–Kier alpha value is -1.90. The molecule has 0 N–H and O–H groups in total. The monoisotopic (exact) mass is 437 g/mol. The van der Waals surface area contributed by atoms with E-state index >= 15 is 0 Å². The van der Waals surface area contributed by atoms with Gasteiger partial charge in [-0.1, -0.05) is 11.6 Å². The summed E-state index contributed by atoms with van der Waals surface area (Å²) in [6.45, 7) is 10.7. The number of hydrogen-bond donors (Lipinski definition) is 0. The Morgan fingerprint density at radius 3 is 1.72 bits per heavy atom. The first kappa shape index (κ1) is 21.8. The molecule has 2 aromatic rings. The maximum absolute atomic E-state index is 13.0. The molecular formula is C20H28ClN5O2S. The molecular weight excluding hydrogens is 410 g/mol. The van der Waals surface area contributed by atoms with Crippen molar-refractivity contribution >= 4 is 33.3 Å². The first-order chi connectivity index (χ1) is 13.7. The number of halogens is 1. The first-order valence-electron chi connectivity index (χ1n) is 9.81. The van der Waals surface area contributed by atoms with Crippen molar-refractivity contribution < 1.29 is 8.42 Å². The van der Waals surface area contributed by atoms with Crippen molar-refractivity contribution in [3.05, 3.63) is 41.7 Å². The Bertz CT molecular complexity index is 901. The molecule has 0 aliphatic carbocycles. The molecule has 7 nitrogen and oxygen atoms in total. The van der Waals surface area contributed by atoms with Crippen LogP contribution in [0.25, 0.3) is 0 Å². The highest BCUT2D eigenvalue weighted by atomic mass is 35.5. The Morgan fingerprint density at radius 2 is 1.34 bits per heavy atom. The molecule has 2 aromatic heterocycles. The van der Waals surface area contributed by atoms with Gasteiger partial charge in [-0.05, 0) is 52.0 Å². The summed E-state index contributed by atoms with van der Waals surface area (Å²) in [5, 5.41) is 0.625. The highest BCUT2D eigenvalue weighted by molar-refractivity contribution is 7.89. The van der Waals surface area contributed by atoms with Crippen LogP contribution in [0.2, 0.25) is 5.02 Å². The molecule has 0 spiro atoms. The molecule has 0 amide bonds. The number of hydrogen-bond acceptors (Lipinski definition) is 6. The van der Waals surface area contributed by atoms with E-state index in [4.69, 9.17) is 11.6 Å². The highest BCUT2D eigenvalue weighted by Gasteiger charge is 2.30. The van der Waals surface area contributed by atoms with E-state index in [9.17, 15) is 8.42 Å². The average Bonchev–Trinajstić information content (AvgIpc) is 2.68. The van der Waals surface area contributed by atoms with Crippen LogP contribution in [0.3, 0.4) is 0 Å². The first-order valence-corrected chi connectivity index (χ1v) is 11.6. The van der Waals surface area contributed by atoms with Crippen molar-refractivity contribution in [1.29, 1.82) is 0 Å². The molecule has 3 heterocycles. The molecule has 0 unspecified atom stereocenters. The van der Waals surface area contributed by atoms with Gasteiger partial charge in [0, 0.05) is 50.7 Å². The van der Waals surface area contributed by atoms with Crippen molar-refractivity contribution in [1.82, 2.24) is 14.3 Å². The van der Waals surface area contributed by atoms with Gasteiger partial charge < -0.3 is 9.80 Å². The van der Waals surface area contributed by atoms with E-state index in [2.05, 4.69) is 19.8 Å². The van der Waals surface area contributed by atoms with E-state index in [-0.39, 0.29) is 17.0 Å². The third-order valence-electron chi connectivity index (χ3n) is 4.95. The second-order valence-electron chi connectivity index (χ2n) is 7.68. The third kappa shape index (κ3) is 4.82. The predicted octanol–water partition coefficient (Wildman–Crippen LogP) is 3.26. The van der Waals surface area contributed by atoms with Gasteiger partial charge in [0.1, 0.15) is 16.5 Å². The summed E-state index contributed by atoms with van der Waals surface area (Å²) in [5.41, 5.74) is 0. The van der Waals surface area contributed by atoms with Crippen molar-refractivity contribution in [2.45, 2.75) is 44.7 Å². The summed E-state index contributed by atoms with van der Waals surface area (Å²) < 4.78 is 27.5. The molecule has 1 aliphatic heterocycles. The summed E-state index contributed by atoms with van der Waals surface area (Å²) >= 11 is 5.91. The second-order valence-corrected chi connectivity index (χ2v) is 9.96. The van der Waals surface area contributed by atoms with Crippen LogP contribution in [-0.2, 0) is 10.0 Å². The molecule has 29 heavy (non-hydrogen) atoms. The van der Waals surface area contributed by atoms with Crippen LogP contribution in [0, 0.1) is 0 Å². The number of anilines is 2. The van der Waals surface area contributed by atoms with Gasteiger partial charge in [0.15, 0.2) is 0 Å². The van der Waals surface area contributed by atoms with Crippen molar-refractivity contribution in [2.24, 2.45) is 0 Å². The van der Waals surface area contributed by atoms with Crippen LogP contribution in [0.4, 0.5) is 11.6 Å². The predicted molar refractivity (Wildman–Crippen MR) is 117 cm³/mol. The molecule has 0 bridgehead atoms. The SMILES string of the molecule is CC(C)N(C(C)C)S(=O)(=O)c1ccc(N2CCN(c3ccc(Cl)cn3)CC2)nc1. The van der Waals surface area contributed by atoms with Gasteiger partial charge in [-0.25, -0.2) is 18.4 Å². The third-order valence-corrected chi connectivity index (χ3v) is 7.41. The Balaban J connectivity index is 1.69. The summed E-state index contributed by atoms with van der Waals surface area (Å²) in [5.74, 6) is 1.69. The zero-order valence-corrected chi connectivity index (χ0v) is 18.9. The molecule has 1 aliphatic rings. The van der Waals surface area contributed by atoms with E-state index in [1.807, 2.05) is 39.8 Å². The standard InChI is InChI=1S/C20H28ClN5O2S/c1-15(2)26(16(3)4)29(27,28)18-6-8-20(23-14-18)25-11-9-24(10-12-25)19-7-5-17(21)13-22-19/h5-8,13-16H,9-12H2,1-4H3. The number of sulfonamides is 1. The molecule has 0 saturated carbocycles. The quantitative estimate of drug-likeness (QED) is 0.690. The lowest BCUT2D eigenvalue weighted by atomic mass is 10.3. The molecule has 0 aromatic carbocycles. The zero-order chi connectivity index (χ0) is 21.2. The fourth-order valence-corrected chi connectivity index (χ4v) is 5.60. The Morgan fingerprint density at radius 1 is 0.862 bits per heavy atom. The van der Waals surface area contributed by atoms with Crippen molar-refractivity contribution in [2.75, 3.05) is 36.0 Å². The van der Waals surface area contributed by atoms with E-state index in [0.717, 1.165) is 37.8 Å². The van der Waals surface area contributed by atoms with E-state index in [0.29, 0.717) is 5.02 Å². The number of pyridine rings is 2. The van der Waals surface area contributed by atoms with Gasteiger partial charge in [0.2, 0.25) is 10.0 Å². The summed E-state index contributed by atoms with van der Waals surface area (Å²) in [6.07, 6.45) is 3.12. The van der Waals surface area contributed by atoms with E-state index in [1.54, 1.807) is 18.3 Å². The van der Waals surface area contributed by atoms with Crippen molar-refractivity contribution in [3.8, 4) is 0 Å². The number of rotatable bonds is 6. The second kappa shape index (κ2) is 8.85. The number of piperazine rings is 1. The lowest BCUT2D eigenvalue weighted by Crippen LogP contribution is -2.47. The Labute approximate surface area is 178 Å². The minimum absolute atomic E-state index is 0.116. The van der Waals surface area contributed by atoms with Gasteiger partial charge in [-0.3, -0.25) is 0 Å². The van der Waals surface area contributed by atoms with Crippen LogP contribution < -0.4 is 9.80 Å². The maximum Gasteiger partial charge on any atom is 0.245 e. The smallest absolute Gasteiger partial charge is 0.245 e. The lowest BCUT2D eigenvalue weighted by Gasteiger charge is -2.36. The van der Waals surface area contributed by atoms with Crippen LogP contribution in [0.5, 0.6) is 0 Å². The van der Waals surface area contributed by atoms with Gasteiger partial charge in [-0.2, -0.15) is 4.31 Å². The van der Waals surface area contributed by atoms with Gasteiger partial charge >= 0.3 is 0 Å². The molecule has 0 radical (unpaired) electrons. The summed E-state index contributed by atoms with van der Waals surface area (Å²) in [6, 6.07) is 6.98. The molecule has 1 saturated heterocycles. The maximum atomic E-state index is 13.0. The molecule has 3 rings (SSSR count). The zero-order valence-electron chi connectivity index (χ0n) is 17.3. The molecule has 0 atom stereocenters. The minimum Gasteiger partial charge on any atom is -0.353 e. The van der Waals surface area contributed by atoms with E-state index < -0.39 is 10.0 Å². The van der Waals surface area contributed by atoms with Crippen LogP contribution in [0.1, 0.15) is 27.7 Å². The molecule has 1 fully saturated rings. The topological polar surface area (TPSA) is 69.6 Å². The lowest BCUT2D eigenvalue weighted by molar-refractivity contribution is 0.302. The van der Waals surface area contributed by atoms with Crippen LogP contribution >= 0.6 is 11.6 Å². The molecule has 9 heteroatoms. The fourth-order valence-electron chi connectivity index (χ4n) is 3.70. The number of aromatic nitrogens is 2.